The van der Waals surface area contributed by atoms with Gasteiger partial charge in [0.1, 0.15) is 0 Å². The molecule has 60 valence electrons. The smallest absolute Gasteiger partial charge is 0.194 e. The van der Waals surface area contributed by atoms with Gasteiger partial charge in [-0.3, -0.25) is 4.79 Å². The van der Waals surface area contributed by atoms with Gasteiger partial charge in [0, 0.05) is 19.0 Å². The van der Waals surface area contributed by atoms with Crippen molar-refractivity contribution in [2.75, 3.05) is 0 Å². The maximum Gasteiger partial charge on any atom is 0.194 e. The zero-order chi connectivity index (χ0) is 8.43. The van der Waals surface area contributed by atoms with E-state index < -0.39 is 0 Å². The van der Waals surface area contributed by atoms with Gasteiger partial charge in [-0.05, 0) is 22.0 Å². The Morgan fingerprint density at radius 3 is 2.73 bits per heavy atom. The monoisotopic (exact) mass is 217 g/mol. The van der Waals surface area contributed by atoms with Gasteiger partial charge in [0.15, 0.2) is 16.2 Å². The second-order valence-corrected chi connectivity index (χ2v) is 2.89. The van der Waals surface area contributed by atoms with Crippen LogP contribution in [0.5, 0.6) is 0 Å². The first-order valence-corrected chi connectivity index (χ1v) is 3.93. The predicted octanol–water partition coefficient (Wildman–Crippen LogP) is 1.70. The normalized spacial score (nSPS) is 10.1. The van der Waals surface area contributed by atoms with Crippen LogP contribution in [0, 0.1) is 0 Å². The Morgan fingerprint density at radius 1 is 1.82 bits per heavy atom. The third kappa shape index (κ3) is 1.70. The van der Waals surface area contributed by atoms with E-state index in [1.165, 1.54) is 6.92 Å². The summed E-state index contributed by atoms with van der Waals surface area (Å²) < 4.78 is 5.60. The number of hydrogen-bond acceptors (Lipinski definition) is 3. The van der Waals surface area contributed by atoms with E-state index in [2.05, 4.69) is 15.9 Å². The number of halogens is 1. The van der Waals surface area contributed by atoms with E-state index in [0.29, 0.717) is 17.0 Å². The number of carbonyl (C=O) groups excluding carboxylic acids is 1. The molecule has 0 spiro atoms. The molecule has 0 saturated heterocycles. The van der Waals surface area contributed by atoms with Gasteiger partial charge in [-0.1, -0.05) is 0 Å². The summed E-state index contributed by atoms with van der Waals surface area (Å²) in [5, 5.41) is 0. The Morgan fingerprint density at radius 2 is 2.45 bits per heavy atom. The Balaban J connectivity index is 3.05. The van der Waals surface area contributed by atoms with Crippen molar-refractivity contribution < 1.29 is 9.21 Å². The molecule has 0 aliphatic carbocycles. The minimum Gasteiger partial charge on any atom is -0.446 e. The lowest BCUT2D eigenvalue weighted by Gasteiger charge is -1.84. The van der Waals surface area contributed by atoms with E-state index in [1.54, 1.807) is 6.07 Å². The summed E-state index contributed by atoms with van der Waals surface area (Å²) >= 11 is 3.15. The van der Waals surface area contributed by atoms with Crippen molar-refractivity contribution in [2.45, 2.75) is 13.5 Å². The van der Waals surface area contributed by atoms with Gasteiger partial charge in [-0.2, -0.15) is 0 Å². The van der Waals surface area contributed by atoms with Crippen LogP contribution in [0.25, 0.3) is 0 Å². The van der Waals surface area contributed by atoms with Crippen molar-refractivity contribution in [3.05, 3.63) is 22.1 Å². The molecule has 0 aliphatic rings. The number of carbonyl (C=O) groups is 1. The predicted molar refractivity (Wildman–Crippen MR) is 44.3 cm³/mol. The lowest BCUT2D eigenvalue weighted by molar-refractivity contribution is 0.0986. The highest BCUT2D eigenvalue weighted by Gasteiger charge is 2.09. The van der Waals surface area contributed by atoms with Gasteiger partial charge in [0.05, 0.1) is 0 Å². The molecule has 0 fully saturated rings. The molecular formula is C7H8BrNO2. The Bertz CT molecular complexity index is 280. The lowest BCUT2D eigenvalue weighted by atomic mass is 10.3. The van der Waals surface area contributed by atoms with Gasteiger partial charge in [-0.15, -0.1) is 0 Å². The van der Waals surface area contributed by atoms with E-state index in [-0.39, 0.29) is 5.78 Å². The first-order valence-electron chi connectivity index (χ1n) is 3.14. The summed E-state index contributed by atoms with van der Waals surface area (Å²) in [5.74, 6) is 0.253. The third-order valence-corrected chi connectivity index (χ3v) is 2.00. The zero-order valence-corrected chi connectivity index (χ0v) is 7.64. The van der Waals surface area contributed by atoms with Crippen molar-refractivity contribution in [1.29, 1.82) is 0 Å². The maximum absolute atomic E-state index is 10.8. The number of ketones is 1. The van der Waals surface area contributed by atoms with Gasteiger partial charge in [0.25, 0.3) is 0 Å². The average molecular weight is 218 g/mol. The molecule has 0 aliphatic heterocycles. The molecule has 1 heterocycles. The summed E-state index contributed by atoms with van der Waals surface area (Å²) in [7, 11) is 0. The van der Waals surface area contributed by atoms with Crippen LogP contribution in [0.4, 0.5) is 0 Å². The first-order chi connectivity index (χ1) is 5.15. The molecule has 2 N–H and O–H groups in total. The van der Waals surface area contributed by atoms with Gasteiger partial charge >= 0.3 is 0 Å². The summed E-state index contributed by atoms with van der Waals surface area (Å²) in [6.45, 7) is 1.82. The highest BCUT2D eigenvalue weighted by atomic mass is 79.9. The summed E-state index contributed by atoms with van der Waals surface area (Å²) in [4.78, 5) is 10.8. The van der Waals surface area contributed by atoms with E-state index in [9.17, 15) is 4.79 Å². The average Bonchev–Trinajstić information content (AvgIpc) is 2.31. The maximum atomic E-state index is 10.8. The van der Waals surface area contributed by atoms with Gasteiger partial charge < -0.3 is 10.2 Å². The molecular weight excluding hydrogens is 210 g/mol. The van der Waals surface area contributed by atoms with E-state index in [4.69, 9.17) is 10.2 Å². The SMILES string of the molecule is CC(=O)c1cc(CN)c(Br)o1. The number of Topliss-reactive ketones (excluding diaryl/α,β-unsaturated/α-hetero) is 1. The number of hydrogen-bond donors (Lipinski definition) is 1. The van der Waals surface area contributed by atoms with Crippen LogP contribution < -0.4 is 5.73 Å². The molecule has 0 saturated carbocycles. The van der Waals surface area contributed by atoms with Crippen LogP contribution in [0.3, 0.4) is 0 Å². The van der Waals surface area contributed by atoms with Crippen LogP contribution >= 0.6 is 15.9 Å². The number of rotatable bonds is 2. The van der Waals surface area contributed by atoms with E-state index in [1.807, 2.05) is 0 Å². The Hall–Kier alpha value is -0.610. The minimum absolute atomic E-state index is 0.0922. The molecule has 0 unspecified atom stereocenters. The summed E-state index contributed by atoms with van der Waals surface area (Å²) in [6.07, 6.45) is 0. The summed E-state index contributed by atoms with van der Waals surface area (Å²) in [6, 6.07) is 1.65. The van der Waals surface area contributed by atoms with Gasteiger partial charge in [0.2, 0.25) is 0 Å². The standard InChI is InChI=1S/C7H8BrNO2/c1-4(10)6-2-5(3-9)7(8)11-6/h2H,3,9H2,1H3. The summed E-state index contributed by atoms with van der Waals surface area (Å²) in [5.41, 5.74) is 6.18. The molecule has 1 aromatic rings. The van der Waals surface area contributed by atoms with Crippen LogP contribution in [-0.2, 0) is 6.54 Å². The van der Waals surface area contributed by atoms with E-state index >= 15 is 0 Å². The third-order valence-electron chi connectivity index (χ3n) is 1.32. The van der Waals surface area contributed by atoms with Crippen LogP contribution in [-0.4, -0.2) is 5.78 Å². The zero-order valence-electron chi connectivity index (χ0n) is 6.06. The van der Waals surface area contributed by atoms with Crippen molar-refractivity contribution in [2.24, 2.45) is 5.73 Å². The highest BCUT2D eigenvalue weighted by molar-refractivity contribution is 9.10. The molecule has 1 rings (SSSR count). The molecule has 3 nitrogen and oxygen atoms in total. The van der Waals surface area contributed by atoms with Crippen molar-refractivity contribution in [3.8, 4) is 0 Å². The van der Waals surface area contributed by atoms with Crippen LogP contribution in [0.15, 0.2) is 15.2 Å². The molecule has 0 aromatic carbocycles. The Labute approximate surface area is 72.7 Å². The largest absolute Gasteiger partial charge is 0.446 e. The highest BCUT2D eigenvalue weighted by Crippen LogP contribution is 2.21. The molecule has 11 heavy (non-hydrogen) atoms. The second kappa shape index (κ2) is 3.19. The molecule has 1 aromatic heterocycles. The fraction of sp³-hybridized carbons (Fsp3) is 0.286. The van der Waals surface area contributed by atoms with Crippen molar-refractivity contribution in [3.63, 3.8) is 0 Å². The topological polar surface area (TPSA) is 56.2 Å². The second-order valence-electron chi connectivity index (χ2n) is 2.17. The van der Waals surface area contributed by atoms with Gasteiger partial charge in [-0.25, -0.2) is 0 Å². The fourth-order valence-corrected chi connectivity index (χ4v) is 1.17. The fourth-order valence-electron chi connectivity index (χ4n) is 0.719. The van der Waals surface area contributed by atoms with E-state index in [0.717, 1.165) is 5.56 Å². The molecule has 0 bridgehead atoms. The van der Waals surface area contributed by atoms with Crippen molar-refractivity contribution in [1.82, 2.24) is 0 Å². The number of nitrogens with two attached hydrogens (primary N) is 1. The first kappa shape index (κ1) is 8.49. The van der Waals surface area contributed by atoms with Crippen LogP contribution in [0.2, 0.25) is 0 Å². The molecule has 0 radical (unpaired) electrons. The lowest BCUT2D eigenvalue weighted by Crippen LogP contribution is -1.94. The molecule has 0 amide bonds. The van der Waals surface area contributed by atoms with Crippen molar-refractivity contribution >= 4 is 21.7 Å². The molecule has 4 heteroatoms. The number of furan rings is 1. The quantitative estimate of drug-likeness (QED) is 0.768. The molecule has 0 atom stereocenters. The Kier molecular flexibility index (Phi) is 2.46. The van der Waals surface area contributed by atoms with Crippen LogP contribution in [0.1, 0.15) is 23.0 Å². The minimum atomic E-state index is -0.0922.